The predicted molar refractivity (Wildman–Crippen MR) is 106 cm³/mol. The van der Waals surface area contributed by atoms with Crippen LogP contribution in [0, 0.1) is 0 Å². The van der Waals surface area contributed by atoms with Gasteiger partial charge >= 0.3 is 0 Å². The molecule has 7 nitrogen and oxygen atoms in total. The molecule has 0 bridgehead atoms. The van der Waals surface area contributed by atoms with E-state index in [2.05, 4.69) is 10.3 Å². The Bertz CT molecular complexity index is 1070. The third-order valence-electron chi connectivity index (χ3n) is 5.29. The molecule has 28 heavy (non-hydrogen) atoms. The number of carbonyl (C=O) groups is 2. The quantitative estimate of drug-likeness (QED) is 0.742. The Kier molecular flexibility index (Phi) is 3.82. The molecule has 7 heteroatoms. The van der Waals surface area contributed by atoms with Crippen LogP contribution < -0.4 is 15.0 Å². The first-order valence-electron chi connectivity index (χ1n) is 9.39. The zero-order valence-electron chi connectivity index (χ0n) is 15.5. The maximum Gasteiger partial charge on any atom is 0.253 e. The predicted octanol–water partition coefficient (Wildman–Crippen LogP) is 3.12. The number of ether oxygens (including phenoxy) is 1. The van der Waals surface area contributed by atoms with Gasteiger partial charge in [0.25, 0.3) is 5.91 Å². The summed E-state index contributed by atoms with van der Waals surface area (Å²) in [4.78, 5) is 32.2. The van der Waals surface area contributed by atoms with Crippen LogP contribution in [-0.4, -0.2) is 34.5 Å². The molecule has 3 aromatic rings. The Labute approximate surface area is 161 Å². The minimum Gasteiger partial charge on any atom is -0.497 e. The molecule has 2 heterocycles. The number of nitrogens with zero attached hydrogens (tertiary/aromatic N) is 3. The number of rotatable bonds is 5. The summed E-state index contributed by atoms with van der Waals surface area (Å²) in [6.07, 6.45) is 2.04. The largest absolute Gasteiger partial charge is 0.497 e. The van der Waals surface area contributed by atoms with Gasteiger partial charge in [-0.25, -0.2) is 4.98 Å². The number of hydrogen-bond acceptors (Lipinski definition) is 4. The van der Waals surface area contributed by atoms with Gasteiger partial charge in [0.15, 0.2) is 0 Å². The van der Waals surface area contributed by atoms with E-state index in [9.17, 15) is 9.59 Å². The Balaban J connectivity index is 1.43. The van der Waals surface area contributed by atoms with E-state index in [1.54, 1.807) is 36.3 Å². The molecule has 2 aromatic carbocycles. The average molecular weight is 376 g/mol. The molecule has 2 aliphatic rings. The summed E-state index contributed by atoms with van der Waals surface area (Å²) in [7, 11) is 1.60. The van der Waals surface area contributed by atoms with Crippen molar-refractivity contribution in [1.82, 2.24) is 9.55 Å². The molecule has 1 N–H and O–H groups in total. The van der Waals surface area contributed by atoms with E-state index in [1.807, 2.05) is 28.8 Å². The Morgan fingerprint density at radius 1 is 1.18 bits per heavy atom. The minimum atomic E-state index is -0.568. The lowest BCUT2D eigenvalue weighted by Gasteiger charge is -2.15. The first-order valence-corrected chi connectivity index (χ1v) is 9.39. The first-order chi connectivity index (χ1) is 13.7. The van der Waals surface area contributed by atoms with E-state index in [0.717, 1.165) is 29.6 Å². The lowest BCUT2D eigenvalue weighted by molar-refractivity contribution is -0.124. The van der Waals surface area contributed by atoms with E-state index in [1.165, 1.54) is 0 Å². The van der Waals surface area contributed by atoms with E-state index in [4.69, 9.17) is 4.74 Å². The van der Waals surface area contributed by atoms with Gasteiger partial charge in [-0.2, -0.15) is 0 Å². The number of fused-ring (bicyclic) bond motifs is 3. The van der Waals surface area contributed by atoms with Crippen molar-refractivity contribution >= 4 is 34.5 Å². The molecular weight excluding hydrogens is 356 g/mol. The summed E-state index contributed by atoms with van der Waals surface area (Å²) in [5, 5.41) is 2.87. The first kappa shape index (κ1) is 16.8. The minimum absolute atomic E-state index is 0.0411. The van der Waals surface area contributed by atoms with Gasteiger partial charge < -0.3 is 10.1 Å². The molecule has 1 aromatic heterocycles. The van der Waals surface area contributed by atoms with Gasteiger partial charge in [0.05, 0.1) is 24.6 Å². The summed E-state index contributed by atoms with van der Waals surface area (Å²) < 4.78 is 7.05. The maximum atomic E-state index is 13.1. The van der Waals surface area contributed by atoms with Crippen molar-refractivity contribution in [3.8, 4) is 5.75 Å². The monoisotopic (exact) mass is 376 g/mol. The smallest absolute Gasteiger partial charge is 0.253 e. The molecule has 142 valence electrons. The molecule has 0 unspecified atom stereocenters. The van der Waals surface area contributed by atoms with Crippen LogP contribution in [-0.2, 0) is 9.59 Å². The van der Waals surface area contributed by atoms with Crippen LogP contribution in [0.1, 0.15) is 25.3 Å². The van der Waals surface area contributed by atoms with Crippen LogP contribution in [0.15, 0.2) is 48.5 Å². The number of carbonyl (C=O) groups excluding carboxylic acids is 2. The summed E-state index contributed by atoms with van der Waals surface area (Å²) in [5.41, 5.74) is 2.40. The van der Waals surface area contributed by atoms with Gasteiger partial charge in [-0.3, -0.25) is 19.1 Å². The number of imidazole rings is 1. The van der Waals surface area contributed by atoms with E-state index < -0.39 is 6.04 Å². The van der Waals surface area contributed by atoms with Gasteiger partial charge in [0.1, 0.15) is 11.8 Å². The van der Waals surface area contributed by atoms with E-state index in [-0.39, 0.29) is 24.3 Å². The van der Waals surface area contributed by atoms with Gasteiger partial charge in [-0.1, -0.05) is 12.1 Å². The zero-order valence-corrected chi connectivity index (χ0v) is 15.5. The van der Waals surface area contributed by atoms with Crippen LogP contribution in [0.2, 0.25) is 0 Å². The van der Waals surface area contributed by atoms with Crippen molar-refractivity contribution in [2.45, 2.75) is 31.3 Å². The topological polar surface area (TPSA) is 76.5 Å². The van der Waals surface area contributed by atoms with Crippen molar-refractivity contribution < 1.29 is 14.3 Å². The van der Waals surface area contributed by atoms with Gasteiger partial charge in [-0.05, 0) is 49.2 Å². The Morgan fingerprint density at radius 2 is 1.93 bits per heavy atom. The Hall–Kier alpha value is -3.35. The Morgan fingerprint density at radius 3 is 2.64 bits per heavy atom. The number of para-hydroxylation sites is 2. The fourth-order valence-corrected chi connectivity index (χ4v) is 3.80. The molecule has 0 saturated heterocycles. The van der Waals surface area contributed by atoms with Crippen LogP contribution in [0.4, 0.5) is 11.6 Å². The number of hydrogen-bond donors (Lipinski definition) is 1. The highest BCUT2D eigenvalue weighted by molar-refractivity contribution is 6.05. The standard InChI is InChI=1S/C21H20N4O3/c1-28-15-10-6-13(7-11-15)22-19(26)12-18-20(27)24(14-8-9-14)21-23-16-4-2-3-5-17(16)25(18)21/h2-7,10-11,14,18H,8-9,12H2,1H3,(H,22,26)/t18-/m0/s1. The normalized spacial score (nSPS) is 18.4. The molecule has 1 fully saturated rings. The highest BCUT2D eigenvalue weighted by Gasteiger charge is 2.47. The summed E-state index contributed by atoms with van der Waals surface area (Å²) in [6, 6.07) is 14.5. The molecule has 5 rings (SSSR count). The molecule has 1 aliphatic carbocycles. The highest BCUT2D eigenvalue weighted by Crippen LogP contribution is 2.42. The summed E-state index contributed by atoms with van der Waals surface area (Å²) in [6.45, 7) is 0. The van der Waals surface area contributed by atoms with E-state index in [0.29, 0.717) is 11.6 Å². The number of anilines is 2. The van der Waals surface area contributed by atoms with Crippen LogP contribution in [0.25, 0.3) is 11.0 Å². The van der Waals surface area contributed by atoms with E-state index >= 15 is 0 Å². The fraction of sp³-hybridized carbons (Fsp3) is 0.286. The number of aromatic nitrogens is 2. The summed E-state index contributed by atoms with van der Waals surface area (Å²) >= 11 is 0. The average Bonchev–Trinajstić information content (AvgIpc) is 3.41. The number of benzene rings is 2. The maximum absolute atomic E-state index is 13.1. The van der Waals surface area contributed by atoms with Crippen molar-refractivity contribution in [3.05, 3.63) is 48.5 Å². The molecule has 0 spiro atoms. The zero-order chi connectivity index (χ0) is 19.3. The molecule has 1 aliphatic heterocycles. The number of nitrogens with one attached hydrogen (secondary N) is 1. The second-order valence-corrected chi connectivity index (χ2v) is 7.21. The van der Waals surface area contributed by atoms with Gasteiger partial charge in [-0.15, -0.1) is 0 Å². The summed E-state index contributed by atoms with van der Waals surface area (Å²) in [5.74, 6) is 1.14. The molecule has 1 atom stereocenters. The molecule has 2 amide bonds. The van der Waals surface area contributed by atoms with Gasteiger partial charge in [0, 0.05) is 11.7 Å². The van der Waals surface area contributed by atoms with Crippen molar-refractivity contribution in [2.24, 2.45) is 0 Å². The third kappa shape index (κ3) is 2.70. The van der Waals surface area contributed by atoms with Crippen LogP contribution in [0.3, 0.4) is 0 Å². The number of methoxy groups -OCH3 is 1. The van der Waals surface area contributed by atoms with Crippen molar-refractivity contribution in [2.75, 3.05) is 17.3 Å². The van der Waals surface area contributed by atoms with Gasteiger partial charge in [0.2, 0.25) is 11.9 Å². The highest BCUT2D eigenvalue weighted by atomic mass is 16.5. The van der Waals surface area contributed by atoms with Crippen LogP contribution >= 0.6 is 0 Å². The molecule has 0 radical (unpaired) electrons. The lowest BCUT2D eigenvalue weighted by Crippen LogP contribution is -2.33. The van der Waals surface area contributed by atoms with Crippen LogP contribution in [0.5, 0.6) is 5.75 Å². The third-order valence-corrected chi connectivity index (χ3v) is 5.29. The SMILES string of the molecule is COc1ccc(NC(=O)C[C@H]2C(=O)N(C3CC3)c3nc4ccccc4n32)cc1. The fourth-order valence-electron chi connectivity index (χ4n) is 3.80. The van der Waals surface area contributed by atoms with Crippen molar-refractivity contribution in [1.29, 1.82) is 0 Å². The second kappa shape index (κ2) is 6.37. The van der Waals surface area contributed by atoms with Crippen molar-refractivity contribution in [3.63, 3.8) is 0 Å². The lowest BCUT2D eigenvalue weighted by atomic mass is 10.1. The molecule has 1 saturated carbocycles. The molecular formula is C21H20N4O3. The second-order valence-electron chi connectivity index (χ2n) is 7.21. The number of amides is 2.